The number of furan rings is 1. The molecule has 0 saturated carbocycles. The van der Waals surface area contributed by atoms with Crippen LogP contribution in [0.1, 0.15) is 36.0 Å². The van der Waals surface area contributed by atoms with Gasteiger partial charge in [0.05, 0.1) is 12.3 Å². The van der Waals surface area contributed by atoms with Crippen molar-refractivity contribution in [1.29, 1.82) is 0 Å². The quantitative estimate of drug-likeness (QED) is 0.912. The van der Waals surface area contributed by atoms with E-state index in [1.165, 1.54) is 0 Å². The summed E-state index contributed by atoms with van der Waals surface area (Å²) >= 11 is 5.80. The Morgan fingerprint density at radius 1 is 1.17 bits per heavy atom. The van der Waals surface area contributed by atoms with Crippen molar-refractivity contribution in [2.75, 3.05) is 7.05 Å². The van der Waals surface area contributed by atoms with E-state index in [1.807, 2.05) is 13.0 Å². The van der Waals surface area contributed by atoms with Gasteiger partial charge in [0, 0.05) is 17.6 Å². The highest BCUT2D eigenvalue weighted by Gasteiger charge is 2.25. The molecular weight excluding hydrogens is 316 g/mol. The van der Waals surface area contributed by atoms with Gasteiger partial charge in [-0.25, -0.2) is 0 Å². The average molecular weight is 335 g/mol. The molecule has 122 valence electrons. The maximum absolute atomic E-state index is 12.4. The number of nitrogens with zero attached hydrogens (tertiary/aromatic N) is 1. The summed E-state index contributed by atoms with van der Waals surface area (Å²) < 4.78 is 5.31. The van der Waals surface area contributed by atoms with Crippen LogP contribution in [0, 0.1) is 0 Å². The van der Waals surface area contributed by atoms with Gasteiger partial charge >= 0.3 is 0 Å². The first-order chi connectivity index (χ1) is 10.9. The first-order valence-corrected chi connectivity index (χ1v) is 7.64. The number of nitrogens with one attached hydrogen (secondary N) is 1. The van der Waals surface area contributed by atoms with Gasteiger partial charge in [-0.1, -0.05) is 11.6 Å². The van der Waals surface area contributed by atoms with E-state index in [-0.39, 0.29) is 17.9 Å². The molecule has 0 spiro atoms. The van der Waals surface area contributed by atoms with Gasteiger partial charge in [0.1, 0.15) is 11.8 Å². The van der Waals surface area contributed by atoms with Crippen molar-refractivity contribution >= 4 is 23.4 Å². The molecule has 1 heterocycles. The predicted octanol–water partition coefficient (Wildman–Crippen LogP) is 3.27. The van der Waals surface area contributed by atoms with Gasteiger partial charge in [-0.2, -0.15) is 0 Å². The fourth-order valence-corrected chi connectivity index (χ4v) is 2.29. The standard InChI is InChI=1S/C17H19ClN2O3/c1-11(19-16(21)13-6-8-14(18)9-7-13)17(22)20(3)12(2)15-5-4-10-23-15/h4-12H,1-3H3,(H,19,21)/t11-,12+/m1/s1. The third kappa shape index (κ3) is 4.13. The molecule has 0 aliphatic heterocycles. The molecule has 1 N–H and O–H groups in total. The number of benzene rings is 1. The molecule has 23 heavy (non-hydrogen) atoms. The topological polar surface area (TPSA) is 62.6 Å². The zero-order valence-corrected chi connectivity index (χ0v) is 14.0. The molecule has 5 nitrogen and oxygen atoms in total. The summed E-state index contributed by atoms with van der Waals surface area (Å²) in [5.41, 5.74) is 0.454. The van der Waals surface area contributed by atoms with Gasteiger partial charge in [-0.3, -0.25) is 9.59 Å². The molecular formula is C17H19ClN2O3. The SMILES string of the molecule is C[C@@H](NC(=O)c1ccc(Cl)cc1)C(=O)N(C)[C@@H](C)c1ccco1. The molecule has 1 aromatic heterocycles. The van der Waals surface area contributed by atoms with E-state index >= 15 is 0 Å². The molecule has 0 fully saturated rings. The number of carbonyl (C=O) groups is 2. The van der Waals surface area contributed by atoms with E-state index in [0.29, 0.717) is 16.3 Å². The highest BCUT2D eigenvalue weighted by Crippen LogP contribution is 2.19. The van der Waals surface area contributed by atoms with Gasteiger partial charge < -0.3 is 14.6 Å². The van der Waals surface area contributed by atoms with E-state index in [1.54, 1.807) is 55.5 Å². The Hall–Kier alpha value is -2.27. The van der Waals surface area contributed by atoms with Crippen LogP contribution in [0.15, 0.2) is 47.1 Å². The molecule has 1 aromatic carbocycles. The van der Waals surface area contributed by atoms with Crippen molar-refractivity contribution in [3.05, 3.63) is 59.0 Å². The number of halogens is 1. The van der Waals surface area contributed by atoms with E-state index in [9.17, 15) is 9.59 Å². The lowest BCUT2D eigenvalue weighted by atomic mass is 10.1. The summed E-state index contributed by atoms with van der Waals surface area (Å²) in [5, 5.41) is 3.25. The van der Waals surface area contributed by atoms with Gasteiger partial charge in [-0.15, -0.1) is 0 Å². The number of likely N-dealkylation sites (N-methyl/N-ethyl adjacent to an activating group) is 1. The van der Waals surface area contributed by atoms with Gasteiger partial charge in [0.15, 0.2) is 0 Å². The smallest absolute Gasteiger partial charge is 0.251 e. The largest absolute Gasteiger partial charge is 0.467 e. The van der Waals surface area contributed by atoms with Crippen LogP contribution in [0.4, 0.5) is 0 Å². The van der Waals surface area contributed by atoms with Crippen LogP contribution in [0.3, 0.4) is 0 Å². The molecule has 0 aliphatic carbocycles. The molecule has 0 radical (unpaired) electrons. The van der Waals surface area contributed by atoms with Crippen molar-refractivity contribution in [3.63, 3.8) is 0 Å². The summed E-state index contributed by atoms with van der Waals surface area (Å²) in [6.07, 6.45) is 1.57. The van der Waals surface area contributed by atoms with Crippen molar-refractivity contribution in [1.82, 2.24) is 10.2 Å². The lowest BCUT2D eigenvalue weighted by molar-refractivity contribution is -0.133. The van der Waals surface area contributed by atoms with Gasteiger partial charge in [0.25, 0.3) is 5.91 Å². The fourth-order valence-electron chi connectivity index (χ4n) is 2.16. The summed E-state index contributed by atoms with van der Waals surface area (Å²) in [6, 6.07) is 9.21. The van der Waals surface area contributed by atoms with Crippen LogP contribution >= 0.6 is 11.6 Å². The minimum absolute atomic E-state index is 0.198. The lowest BCUT2D eigenvalue weighted by Crippen LogP contribution is -2.46. The zero-order chi connectivity index (χ0) is 17.0. The maximum Gasteiger partial charge on any atom is 0.251 e. The summed E-state index contributed by atoms with van der Waals surface area (Å²) in [5.74, 6) is 0.176. The van der Waals surface area contributed by atoms with E-state index in [4.69, 9.17) is 16.0 Å². The Bertz CT molecular complexity index is 668. The van der Waals surface area contributed by atoms with Crippen molar-refractivity contribution in [2.24, 2.45) is 0 Å². The lowest BCUT2D eigenvalue weighted by Gasteiger charge is -2.26. The Kier molecular flexibility index (Phi) is 5.45. The Morgan fingerprint density at radius 3 is 2.39 bits per heavy atom. The molecule has 6 heteroatoms. The normalized spacial score (nSPS) is 13.2. The summed E-state index contributed by atoms with van der Waals surface area (Å²) in [4.78, 5) is 26.1. The summed E-state index contributed by atoms with van der Waals surface area (Å²) in [7, 11) is 1.68. The molecule has 2 aromatic rings. The minimum Gasteiger partial charge on any atom is -0.467 e. The number of hydrogen-bond acceptors (Lipinski definition) is 3. The second kappa shape index (κ2) is 7.33. The molecule has 0 saturated heterocycles. The third-order valence-corrected chi connectivity index (χ3v) is 3.96. The van der Waals surface area contributed by atoms with Crippen molar-refractivity contribution in [2.45, 2.75) is 25.9 Å². The molecule has 0 unspecified atom stereocenters. The van der Waals surface area contributed by atoms with Crippen LogP contribution in [-0.4, -0.2) is 29.8 Å². The Morgan fingerprint density at radius 2 is 1.83 bits per heavy atom. The monoisotopic (exact) mass is 334 g/mol. The number of amides is 2. The van der Waals surface area contributed by atoms with Crippen LogP contribution < -0.4 is 5.32 Å². The second-order valence-corrected chi connectivity index (χ2v) is 5.78. The maximum atomic E-state index is 12.4. The average Bonchev–Trinajstić information content (AvgIpc) is 3.07. The van der Waals surface area contributed by atoms with Gasteiger partial charge in [0.2, 0.25) is 5.91 Å². The highest BCUT2D eigenvalue weighted by atomic mass is 35.5. The molecule has 0 bridgehead atoms. The zero-order valence-electron chi connectivity index (χ0n) is 13.2. The van der Waals surface area contributed by atoms with E-state index in [2.05, 4.69) is 5.32 Å². The number of hydrogen-bond donors (Lipinski definition) is 1. The molecule has 2 amide bonds. The molecule has 2 rings (SSSR count). The Labute approximate surface area is 140 Å². The molecule has 0 aliphatic rings. The van der Waals surface area contributed by atoms with Crippen LogP contribution in [-0.2, 0) is 4.79 Å². The van der Waals surface area contributed by atoms with Crippen LogP contribution in [0.25, 0.3) is 0 Å². The minimum atomic E-state index is -0.652. The van der Waals surface area contributed by atoms with Crippen molar-refractivity contribution in [3.8, 4) is 0 Å². The molecule has 2 atom stereocenters. The second-order valence-electron chi connectivity index (χ2n) is 5.34. The van der Waals surface area contributed by atoms with Crippen LogP contribution in [0.2, 0.25) is 5.02 Å². The van der Waals surface area contributed by atoms with E-state index in [0.717, 1.165) is 0 Å². The highest BCUT2D eigenvalue weighted by molar-refractivity contribution is 6.30. The Balaban J connectivity index is 1.99. The summed E-state index contributed by atoms with van der Waals surface area (Å²) in [6.45, 7) is 3.52. The fraction of sp³-hybridized carbons (Fsp3) is 0.294. The van der Waals surface area contributed by atoms with E-state index < -0.39 is 6.04 Å². The third-order valence-electron chi connectivity index (χ3n) is 3.71. The number of rotatable bonds is 5. The first-order valence-electron chi connectivity index (χ1n) is 7.26. The predicted molar refractivity (Wildman–Crippen MR) is 88.3 cm³/mol. The van der Waals surface area contributed by atoms with Crippen molar-refractivity contribution < 1.29 is 14.0 Å². The van der Waals surface area contributed by atoms with Gasteiger partial charge in [-0.05, 0) is 50.2 Å². The first kappa shape index (κ1) is 17.1. The number of carbonyl (C=O) groups excluding carboxylic acids is 2. The van der Waals surface area contributed by atoms with Crippen LogP contribution in [0.5, 0.6) is 0 Å².